The van der Waals surface area contributed by atoms with E-state index in [0.29, 0.717) is 52.4 Å². The van der Waals surface area contributed by atoms with Crippen molar-refractivity contribution in [3.63, 3.8) is 0 Å². The molecular weight excluding hydrogens is 526 g/mol. The molecule has 1 aromatic carbocycles. The van der Waals surface area contributed by atoms with Crippen molar-refractivity contribution in [3.8, 4) is 11.5 Å². The number of alkyl halides is 1. The minimum Gasteiger partial charge on any atom is -0.493 e. The highest BCUT2D eigenvalue weighted by atomic mass is 35.5. The molecule has 206 valence electrons. The molecule has 3 heterocycles. The molecule has 0 saturated carbocycles. The van der Waals surface area contributed by atoms with Gasteiger partial charge >= 0.3 is 0 Å². The third-order valence-corrected chi connectivity index (χ3v) is 8.14. The molecule has 2 N–H and O–H groups in total. The molecule has 1 amide bonds. The molecule has 9 nitrogen and oxygen atoms in total. The van der Waals surface area contributed by atoms with Crippen molar-refractivity contribution >= 4 is 51.3 Å². The van der Waals surface area contributed by atoms with Crippen LogP contribution in [0.5, 0.6) is 11.5 Å². The first-order chi connectivity index (χ1) is 18.2. The van der Waals surface area contributed by atoms with Gasteiger partial charge in [0.25, 0.3) is 5.91 Å². The molecule has 0 unspecified atom stereocenters. The lowest BCUT2D eigenvalue weighted by atomic mass is 9.94. The minimum atomic E-state index is -0.482. The number of thiophene rings is 1. The highest BCUT2D eigenvalue weighted by molar-refractivity contribution is 7.14. The van der Waals surface area contributed by atoms with Crippen molar-refractivity contribution in [2.45, 2.75) is 32.6 Å². The van der Waals surface area contributed by atoms with Crippen LogP contribution in [0.2, 0.25) is 0 Å². The molecule has 1 aliphatic heterocycles. The Morgan fingerprint density at radius 3 is 2.63 bits per heavy atom. The molecule has 0 radical (unpaired) electrons. The molecule has 38 heavy (non-hydrogen) atoms. The Balaban J connectivity index is 1.69. The van der Waals surface area contributed by atoms with E-state index in [0.717, 1.165) is 49.5 Å². The number of benzene rings is 1. The third kappa shape index (κ3) is 6.48. The van der Waals surface area contributed by atoms with Gasteiger partial charge in [0.05, 0.1) is 38.1 Å². The lowest BCUT2D eigenvalue weighted by molar-refractivity contribution is 0.0357. The summed E-state index contributed by atoms with van der Waals surface area (Å²) in [6, 6.07) is 5.76. The van der Waals surface area contributed by atoms with Crippen LogP contribution in [0.3, 0.4) is 0 Å². The molecule has 0 bridgehead atoms. The van der Waals surface area contributed by atoms with Crippen molar-refractivity contribution in [2.24, 2.45) is 5.73 Å². The van der Waals surface area contributed by atoms with E-state index in [9.17, 15) is 4.79 Å². The van der Waals surface area contributed by atoms with Crippen LogP contribution in [0.1, 0.15) is 41.7 Å². The molecule has 0 spiro atoms. The first-order valence-electron chi connectivity index (χ1n) is 12.8. The fourth-order valence-corrected chi connectivity index (χ4v) is 5.63. The zero-order chi connectivity index (χ0) is 27.3. The van der Waals surface area contributed by atoms with Crippen LogP contribution in [-0.4, -0.2) is 79.8 Å². The van der Waals surface area contributed by atoms with Crippen LogP contribution >= 0.6 is 22.9 Å². The van der Waals surface area contributed by atoms with Gasteiger partial charge in [-0.3, -0.25) is 9.69 Å². The standard InChI is InChI=1S/C27H36ClN5O4S/c1-27(2,3)23-16-20(24(38-23)25(29)34)33(8-6-28)26-18-14-22(21(35-4)15-19(18)30-17-31-26)37-11-5-7-32-9-12-36-13-10-32/h14-17H,5-13H2,1-4H3,(H2,29,34). The van der Waals surface area contributed by atoms with Gasteiger partial charge in [-0.2, -0.15) is 0 Å². The number of hydrogen-bond donors (Lipinski definition) is 1. The van der Waals surface area contributed by atoms with E-state index in [1.807, 2.05) is 23.1 Å². The maximum absolute atomic E-state index is 12.5. The average molecular weight is 562 g/mol. The number of nitrogens with two attached hydrogens (primary N) is 1. The summed E-state index contributed by atoms with van der Waals surface area (Å²) in [5, 5.41) is 0.764. The SMILES string of the molecule is COc1cc2ncnc(N(CCCl)c3cc(C(C)(C)C)sc3C(N)=O)c2cc1OCCCN1CCOCC1. The van der Waals surface area contributed by atoms with Gasteiger partial charge in [0.15, 0.2) is 11.5 Å². The molecule has 11 heteroatoms. The molecule has 2 aromatic heterocycles. The number of fused-ring (bicyclic) bond motifs is 1. The molecule has 0 aliphatic carbocycles. The van der Waals surface area contributed by atoms with Crippen LogP contribution < -0.4 is 20.1 Å². The number of carbonyl (C=O) groups is 1. The van der Waals surface area contributed by atoms with Gasteiger partial charge in [0.2, 0.25) is 0 Å². The first kappa shape index (κ1) is 28.4. The van der Waals surface area contributed by atoms with Gasteiger partial charge in [-0.25, -0.2) is 9.97 Å². The normalized spacial score (nSPS) is 14.6. The van der Waals surface area contributed by atoms with Crippen molar-refractivity contribution in [1.29, 1.82) is 0 Å². The smallest absolute Gasteiger partial charge is 0.260 e. The summed E-state index contributed by atoms with van der Waals surface area (Å²) in [7, 11) is 1.61. The van der Waals surface area contributed by atoms with Crippen LogP contribution in [0.15, 0.2) is 24.5 Å². The number of rotatable bonds is 11. The Labute approximate surface area is 232 Å². The monoisotopic (exact) mass is 561 g/mol. The second-order valence-corrected chi connectivity index (χ2v) is 11.6. The third-order valence-electron chi connectivity index (χ3n) is 6.41. The van der Waals surface area contributed by atoms with E-state index >= 15 is 0 Å². The molecule has 3 aromatic rings. The van der Waals surface area contributed by atoms with E-state index in [1.54, 1.807) is 7.11 Å². The first-order valence-corrected chi connectivity index (χ1v) is 14.1. The Morgan fingerprint density at radius 1 is 1.21 bits per heavy atom. The van der Waals surface area contributed by atoms with Gasteiger partial charge in [0, 0.05) is 48.4 Å². The number of hydrogen-bond acceptors (Lipinski definition) is 9. The van der Waals surface area contributed by atoms with Gasteiger partial charge in [-0.05, 0) is 24.0 Å². The maximum atomic E-state index is 12.5. The zero-order valence-corrected chi connectivity index (χ0v) is 24.0. The summed E-state index contributed by atoms with van der Waals surface area (Å²) in [5.41, 5.74) is 7.05. The van der Waals surface area contributed by atoms with Crippen molar-refractivity contribution in [3.05, 3.63) is 34.3 Å². The molecule has 1 fully saturated rings. The predicted molar refractivity (Wildman–Crippen MR) is 153 cm³/mol. The molecule has 0 atom stereocenters. The van der Waals surface area contributed by atoms with E-state index < -0.39 is 5.91 Å². The Hall–Kier alpha value is -2.66. The number of carbonyl (C=O) groups excluding carboxylic acids is 1. The number of morpholine rings is 1. The number of primary amides is 1. The molecule has 1 saturated heterocycles. The number of halogens is 1. The minimum absolute atomic E-state index is 0.150. The topological polar surface area (TPSA) is 103 Å². The Bertz CT molecular complexity index is 1260. The van der Waals surface area contributed by atoms with Crippen LogP contribution in [0.25, 0.3) is 10.9 Å². The zero-order valence-electron chi connectivity index (χ0n) is 22.5. The number of aromatic nitrogens is 2. The second-order valence-electron chi connectivity index (χ2n) is 10.2. The van der Waals surface area contributed by atoms with E-state index in [2.05, 4.69) is 35.6 Å². The number of ether oxygens (including phenoxy) is 3. The average Bonchev–Trinajstić information content (AvgIpc) is 3.36. The number of amides is 1. The lowest BCUT2D eigenvalue weighted by Crippen LogP contribution is -2.37. The number of methoxy groups -OCH3 is 1. The largest absolute Gasteiger partial charge is 0.493 e. The maximum Gasteiger partial charge on any atom is 0.260 e. The number of nitrogens with zero attached hydrogens (tertiary/aromatic N) is 4. The van der Waals surface area contributed by atoms with Gasteiger partial charge in [0.1, 0.15) is 17.0 Å². The summed E-state index contributed by atoms with van der Waals surface area (Å²) in [4.78, 5) is 27.4. The van der Waals surface area contributed by atoms with Crippen LogP contribution in [0, 0.1) is 0 Å². The van der Waals surface area contributed by atoms with Crippen molar-refractivity contribution < 1.29 is 19.0 Å². The summed E-state index contributed by atoms with van der Waals surface area (Å²) < 4.78 is 17.2. The van der Waals surface area contributed by atoms with Crippen LogP contribution in [0.4, 0.5) is 11.5 Å². The summed E-state index contributed by atoms with van der Waals surface area (Å²) in [5.74, 6) is 1.67. The van der Waals surface area contributed by atoms with Crippen LogP contribution in [-0.2, 0) is 10.2 Å². The Morgan fingerprint density at radius 2 is 1.97 bits per heavy atom. The molecular formula is C27H36ClN5O4S. The second kappa shape index (κ2) is 12.5. The van der Waals surface area contributed by atoms with E-state index in [1.165, 1.54) is 17.7 Å². The highest BCUT2D eigenvalue weighted by Crippen LogP contribution is 2.42. The van der Waals surface area contributed by atoms with Gasteiger partial charge in [-0.1, -0.05) is 20.8 Å². The summed E-state index contributed by atoms with van der Waals surface area (Å²) in [6.07, 6.45) is 2.38. The summed E-state index contributed by atoms with van der Waals surface area (Å²) in [6.45, 7) is 11.7. The van der Waals surface area contributed by atoms with Crippen molar-refractivity contribution in [2.75, 3.05) is 63.9 Å². The fourth-order valence-electron chi connectivity index (χ4n) is 4.39. The quantitative estimate of drug-likeness (QED) is 0.268. The number of anilines is 2. The molecule has 4 rings (SSSR count). The van der Waals surface area contributed by atoms with Gasteiger partial charge in [-0.15, -0.1) is 22.9 Å². The predicted octanol–water partition coefficient (Wildman–Crippen LogP) is 4.57. The van der Waals surface area contributed by atoms with E-state index in [4.69, 9.17) is 31.5 Å². The van der Waals surface area contributed by atoms with Crippen molar-refractivity contribution in [1.82, 2.24) is 14.9 Å². The Kier molecular flexibility index (Phi) is 9.30. The lowest BCUT2D eigenvalue weighted by Gasteiger charge is -2.26. The van der Waals surface area contributed by atoms with E-state index in [-0.39, 0.29) is 5.41 Å². The summed E-state index contributed by atoms with van der Waals surface area (Å²) >= 11 is 7.65. The fraction of sp³-hybridized carbons (Fsp3) is 0.519. The van der Waals surface area contributed by atoms with Gasteiger partial charge < -0.3 is 24.8 Å². The molecule has 1 aliphatic rings. The highest BCUT2D eigenvalue weighted by Gasteiger charge is 2.27.